The number of amides is 1. The lowest BCUT2D eigenvalue weighted by Crippen LogP contribution is -2.44. The molecule has 1 amide bonds. The number of benzene rings is 1. The second-order valence-electron chi connectivity index (χ2n) is 6.74. The molecule has 1 aromatic rings. The Balaban J connectivity index is 2.96. The third-order valence-corrected chi connectivity index (χ3v) is 4.67. The summed E-state index contributed by atoms with van der Waals surface area (Å²) in [4.78, 5) is 48.2. The van der Waals surface area contributed by atoms with Gasteiger partial charge in [0.1, 0.15) is 0 Å². The molecule has 0 heterocycles. The number of rotatable bonds is 13. The normalized spacial score (nSPS) is 12.4. The van der Waals surface area contributed by atoms with E-state index >= 15 is 0 Å². The quantitative estimate of drug-likeness (QED) is 0.385. The average molecular weight is 421 g/mol. The first-order valence-corrected chi connectivity index (χ1v) is 10.1. The predicted octanol–water partition coefficient (Wildman–Crippen LogP) is 2.65. The topological polar surface area (TPSA) is 108 Å². The summed E-state index contributed by atoms with van der Waals surface area (Å²) in [5.74, 6) is -2.14. The van der Waals surface area contributed by atoms with E-state index < -0.39 is 17.9 Å². The van der Waals surface area contributed by atoms with Crippen molar-refractivity contribution in [2.24, 2.45) is 5.92 Å². The number of carbonyl (C=O) groups excluding carboxylic acids is 4. The van der Waals surface area contributed by atoms with E-state index in [2.05, 4.69) is 14.8 Å². The molecular formula is C22H31NO7. The maximum atomic E-state index is 12.7. The van der Waals surface area contributed by atoms with Crippen molar-refractivity contribution in [3.8, 4) is 0 Å². The number of hydrogen-bond donors (Lipinski definition) is 1. The highest BCUT2D eigenvalue weighted by atomic mass is 16.5. The monoisotopic (exact) mass is 421 g/mol. The molecule has 1 rings (SSSR count). The van der Waals surface area contributed by atoms with E-state index in [1.165, 1.54) is 14.2 Å². The number of nitrogens with one attached hydrogen (secondary N) is 1. The lowest BCUT2D eigenvalue weighted by atomic mass is 9.89. The molecule has 1 aromatic carbocycles. The Morgan fingerprint density at radius 1 is 0.900 bits per heavy atom. The van der Waals surface area contributed by atoms with Gasteiger partial charge in [-0.1, -0.05) is 18.2 Å². The summed E-state index contributed by atoms with van der Waals surface area (Å²) in [6.45, 7) is 1.91. The van der Waals surface area contributed by atoms with Crippen LogP contribution in [-0.2, 0) is 28.6 Å². The van der Waals surface area contributed by atoms with Gasteiger partial charge in [-0.25, -0.2) is 0 Å². The lowest BCUT2D eigenvalue weighted by molar-refractivity contribution is -0.150. The van der Waals surface area contributed by atoms with E-state index in [4.69, 9.17) is 4.74 Å². The van der Waals surface area contributed by atoms with E-state index in [1.54, 1.807) is 37.3 Å². The Kier molecular flexibility index (Phi) is 11.8. The van der Waals surface area contributed by atoms with Gasteiger partial charge in [0, 0.05) is 24.4 Å². The van der Waals surface area contributed by atoms with Crippen LogP contribution >= 0.6 is 0 Å². The van der Waals surface area contributed by atoms with Crippen LogP contribution in [0.15, 0.2) is 30.3 Å². The first kappa shape index (κ1) is 25.1. The Morgan fingerprint density at radius 3 is 2.00 bits per heavy atom. The van der Waals surface area contributed by atoms with E-state index in [0.29, 0.717) is 31.2 Å². The van der Waals surface area contributed by atoms with E-state index in [1.807, 2.05) is 0 Å². The zero-order valence-electron chi connectivity index (χ0n) is 17.8. The maximum Gasteiger partial charge on any atom is 0.311 e. The van der Waals surface area contributed by atoms with Gasteiger partial charge in [-0.3, -0.25) is 19.2 Å². The average Bonchev–Trinajstić information content (AvgIpc) is 2.76. The van der Waals surface area contributed by atoms with Crippen LogP contribution in [0.2, 0.25) is 0 Å². The number of hydrogen-bond acceptors (Lipinski definition) is 7. The second kappa shape index (κ2) is 14.1. The highest BCUT2D eigenvalue weighted by molar-refractivity contribution is 5.94. The minimum absolute atomic E-state index is 0.161. The van der Waals surface area contributed by atoms with E-state index in [-0.39, 0.29) is 37.3 Å². The third kappa shape index (κ3) is 9.07. The summed E-state index contributed by atoms with van der Waals surface area (Å²) >= 11 is 0. The molecule has 8 heteroatoms. The van der Waals surface area contributed by atoms with Crippen LogP contribution in [0.25, 0.3) is 0 Å². The third-order valence-electron chi connectivity index (χ3n) is 4.67. The van der Waals surface area contributed by atoms with Gasteiger partial charge >= 0.3 is 17.9 Å². The number of carbonyl (C=O) groups is 4. The summed E-state index contributed by atoms with van der Waals surface area (Å²) in [5.41, 5.74) is 0.465. The SMILES string of the molecule is CCOC(=O)[C@H](CCCC(=O)OC)[C@H](CCCC(=O)OC)NC(=O)c1ccccc1. The van der Waals surface area contributed by atoms with Crippen LogP contribution in [-0.4, -0.2) is 50.7 Å². The summed E-state index contributed by atoms with van der Waals surface area (Å²) in [6, 6.07) is 8.10. The van der Waals surface area contributed by atoms with Crippen LogP contribution in [0.1, 0.15) is 55.8 Å². The molecule has 0 radical (unpaired) electrons. The number of esters is 3. The Hall–Kier alpha value is -2.90. The molecule has 166 valence electrons. The zero-order chi connectivity index (χ0) is 22.4. The summed E-state index contributed by atoms with van der Waals surface area (Å²) < 4.78 is 14.5. The summed E-state index contributed by atoms with van der Waals surface area (Å²) in [5, 5.41) is 2.91. The van der Waals surface area contributed by atoms with Crippen LogP contribution < -0.4 is 5.32 Å². The molecule has 0 unspecified atom stereocenters. The van der Waals surface area contributed by atoms with Crippen molar-refractivity contribution >= 4 is 23.8 Å². The fourth-order valence-corrected chi connectivity index (χ4v) is 3.08. The smallest absolute Gasteiger partial charge is 0.311 e. The molecule has 0 aromatic heterocycles. The van der Waals surface area contributed by atoms with Crippen molar-refractivity contribution in [1.29, 1.82) is 0 Å². The summed E-state index contributed by atoms with van der Waals surface area (Å²) in [6.07, 6.45) is 1.89. The van der Waals surface area contributed by atoms with Gasteiger partial charge in [0.25, 0.3) is 5.91 Å². The standard InChI is InChI=1S/C22H31NO7/c1-4-30-22(27)17(12-8-14-19(24)28-2)18(13-9-15-20(25)29-3)23-21(26)16-10-6-5-7-11-16/h5-7,10-11,17-18H,4,8-9,12-15H2,1-3H3,(H,23,26)/t17-,18+/m1/s1. The zero-order valence-corrected chi connectivity index (χ0v) is 17.8. The molecule has 0 aliphatic heterocycles. The lowest BCUT2D eigenvalue weighted by Gasteiger charge is -2.27. The Bertz CT molecular complexity index is 690. The van der Waals surface area contributed by atoms with Gasteiger partial charge < -0.3 is 19.5 Å². The molecule has 1 N–H and O–H groups in total. The molecule has 30 heavy (non-hydrogen) atoms. The van der Waals surface area contributed by atoms with Crippen molar-refractivity contribution in [2.75, 3.05) is 20.8 Å². The summed E-state index contributed by atoms with van der Waals surface area (Å²) in [7, 11) is 2.62. The van der Waals surface area contributed by atoms with Crippen molar-refractivity contribution in [2.45, 2.75) is 51.5 Å². The molecule has 0 fully saturated rings. The van der Waals surface area contributed by atoms with Crippen LogP contribution in [0.3, 0.4) is 0 Å². The van der Waals surface area contributed by atoms with Crippen molar-refractivity contribution in [3.05, 3.63) is 35.9 Å². The Morgan fingerprint density at radius 2 is 1.47 bits per heavy atom. The molecule has 0 aliphatic rings. The minimum atomic E-state index is -0.653. The maximum absolute atomic E-state index is 12.7. The van der Waals surface area contributed by atoms with Crippen LogP contribution in [0.5, 0.6) is 0 Å². The molecule has 8 nitrogen and oxygen atoms in total. The van der Waals surface area contributed by atoms with Crippen molar-refractivity contribution < 1.29 is 33.4 Å². The van der Waals surface area contributed by atoms with Gasteiger partial charge in [0.2, 0.25) is 0 Å². The van der Waals surface area contributed by atoms with Gasteiger partial charge in [0.15, 0.2) is 0 Å². The molecule has 0 saturated carbocycles. The van der Waals surface area contributed by atoms with Gasteiger partial charge in [-0.05, 0) is 44.7 Å². The van der Waals surface area contributed by atoms with Gasteiger partial charge in [-0.15, -0.1) is 0 Å². The largest absolute Gasteiger partial charge is 0.469 e. The van der Waals surface area contributed by atoms with Crippen molar-refractivity contribution in [3.63, 3.8) is 0 Å². The van der Waals surface area contributed by atoms with Crippen LogP contribution in [0.4, 0.5) is 0 Å². The van der Waals surface area contributed by atoms with Gasteiger partial charge in [-0.2, -0.15) is 0 Å². The first-order chi connectivity index (χ1) is 14.4. The molecule has 0 bridgehead atoms. The predicted molar refractivity (Wildman–Crippen MR) is 110 cm³/mol. The fourth-order valence-electron chi connectivity index (χ4n) is 3.08. The van der Waals surface area contributed by atoms with Crippen molar-refractivity contribution in [1.82, 2.24) is 5.32 Å². The second-order valence-corrected chi connectivity index (χ2v) is 6.74. The Labute approximate surface area is 177 Å². The highest BCUT2D eigenvalue weighted by Gasteiger charge is 2.31. The molecule has 0 spiro atoms. The highest BCUT2D eigenvalue weighted by Crippen LogP contribution is 2.21. The molecule has 0 saturated heterocycles. The molecule has 2 atom stereocenters. The molecule has 0 aliphatic carbocycles. The van der Waals surface area contributed by atoms with Crippen LogP contribution in [0, 0.1) is 5.92 Å². The number of methoxy groups -OCH3 is 2. The van der Waals surface area contributed by atoms with E-state index in [0.717, 1.165) is 0 Å². The first-order valence-electron chi connectivity index (χ1n) is 10.1. The van der Waals surface area contributed by atoms with Gasteiger partial charge in [0.05, 0.1) is 26.7 Å². The minimum Gasteiger partial charge on any atom is -0.469 e. The van der Waals surface area contributed by atoms with E-state index in [9.17, 15) is 19.2 Å². The fraction of sp³-hybridized carbons (Fsp3) is 0.545. The molecular weight excluding hydrogens is 390 g/mol. The number of ether oxygens (including phenoxy) is 3.